The van der Waals surface area contributed by atoms with Crippen molar-refractivity contribution in [2.75, 3.05) is 24.7 Å². The van der Waals surface area contributed by atoms with E-state index < -0.39 is 10.0 Å². The lowest BCUT2D eigenvalue weighted by molar-refractivity contribution is -0.114. The van der Waals surface area contributed by atoms with Crippen molar-refractivity contribution in [3.05, 3.63) is 29.8 Å². The molecule has 0 atom stereocenters. The Hall–Kier alpha value is -1.93. The zero-order valence-corrected chi connectivity index (χ0v) is 14.0. The van der Waals surface area contributed by atoms with Crippen molar-refractivity contribution in [3.8, 4) is 0 Å². The lowest BCUT2D eigenvalue weighted by Crippen LogP contribution is -2.46. The molecule has 7 nitrogen and oxygen atoms in total. The van der Waals surface area contributed by atoms with Crippen molar-refractivity contribution in [2.45, 2.75) is 25.8 Å². The molecule has 8 heteroatoms. The van der Waals surface area contributed by atoms with Gasteiger partial charge in [-0.05, 0) is 37.1 Å². The number of carbonyl (C=O) groups is 2. The monoisotopic (exact) mass is 339 g/mol. The molecule has 2 N–H and O–H groups in total. The van der Waals surface area contributed by atoms with Crippen LogP contribution in [0.4, 0.5) is 5.69 Å². The summed E-state index contributed by atoms with van der Waals surface area (Å²) in [5.74, 6) is -0.364. The van der Waals surface area contributed by atoms with E-state index in [-0.39, 0.29) is 17.9 Å². The summed E-state index contributed by atoms with van der Waals surface area (Å²) in [6, 6.07) is 6.60. The topological polar surface area (TPSA) is 95.6 Å². The molecule has 0 unspecified atom stereocenters. The molecule has 1 aromatic carbocycles. The first kappa shape index (κ1) is 17.4. The van der Waals surface area contributed by atoms with E-state index in [2.05, 4.69) is 10.6 Å². The summed E-state index contributed by atoms with van der Waals surface area (Å²) in [6.07, 6.45) is 2.40. The average molecular weight is 339 g/mol. The van der Waals surface area contributed by atoms with E-state index in [1.807, 2.05) is 0 Å². The number of piperidine rings is 1. The molecule has 1 aromatic rings. The quantitative estimate of drug-likeness (QED) is 0.848. The van der Waals surface area contributed by atoms with Crippen LogP contribution in [0.3, 0.4) is 0 Å². The van der Waals surface area contributed by atoms with Crippen molar-refractivity contribution < 1.29 is 18.0 Å². The van der Waals surface area contributed by atoms with Gasteiger partial charge in [0.05, 0.1) is 6.26 Å². The number of rotatable bonds is 4. The molecule has 2 rings (SSSR count). The molecule has 0 radical (unpaired) electrons. The van der Waals surface area contributed by atoms with Gasteiger partial charge in [0.15, 0.2) is 0 Å². The fourth-order valence-corrected chi connectivity index (χ4v) is 3.38. The first-order valence-corrected chi connectivity index (χ1v) is 9.24. The lowest BCUT2D eigenvalue weighted by atomic mass is 10.1. The van der Waals surface area contributed by atoms with E-state index in [4.69, 9.17) is 0 Å². The van der Waals surface area contributed by atoms with Crippen LogP contribution < -0.4 is 10.6 Å². The number of carbonyl (C=O) groups excluding carboxylic acids is 2. The van der Waals surface area contributed by atoms with Gasteiger partial charge >= 0.3 is 0 Å². The SMILES string of the molecule is CC(=O)Nc1ccc(C(=O)NC2CCN(S(C)(=O)=O)CC2)cc1. The van der Waals surface area contributed by atoms with Crippen LogP contribution in [0.2, 0.25) is 0 Å². The van der Waals surface area contributed by atoms with Gasteiger partial charge in [0.1, 0.15) is 0 Å². The van der Waals surface area contributed by atoms with Crippen LogP contribution in [0, 0.1) is 0 Å². The minimum atomic E-state index is -3.16. The van der Waals surface area contributed by atoms with Crippen LogP contribution in [0.1, 0.15) is 30.1 Å². The summed E-state index contributed by atoms with van der Waals surface area (Å²) in [6.45, 7) is 2.26. The van der Waals surface area contributed by atoms with E-state index >= 15 is 0 Å². The predicted octanol–water partition coefficient (Wildman–Crippen LogP) is 0.799. The van der Waals surface area contributed by atoms with Gasteiger partial charge < -0.3 is 10.6 Å². The van der Waals surface area contributed by atoms with Gasteiger partial charge in [-0.25, -0.2) is 12.7 Å². The number of nitrogens with zero attached hydrogens (tertiary/aromatic N) is 1. The highest BCUT2D eigenvalue weighted by Gasteiger charge is 2.25. The van der Waals surface area contributed by atoms with Crippen LogP contribution in [0.15, 0.2) is 24.3 Å². The third-order valence-electron chi connectivity index (χ3n) is 3.73. The highest BCUT2D eigenvalue weighted by Crippen LogP contribution is 2.15. The van der Waals surface area contributed by atoms with E-state index in [1.165, 1.54) is 17.5 Å². The molecule has 2 amide bonds. The van der Waals surface area contributed by atoms with Crippen molar-refractivity contribution in [3.63, 3.8) is 0 Å². The highest BCUT2D eigenvalue weighted by molar-refractivity contribution is 7.88. The largest absolute Gasteiger partial charge is 0.349 e. The molecule has 0 bridgehead atoms. The zero-order chi connectivity index (χ0) is 17.0. The van der Waals surface area contributed by atoms with Crippen LogP contribution in [-0.2, 0) is 14.8 Å². The zero-order valence-electron chi connectivity index (χ0n) is 13.2. The lowest BCUT2D eigenvalue weighted by Gasteiger charge is -2.30. The summed E-state index contributed by atoms with van der Waals surface area (Å²) < 4.78 is 24.3. The van der Waals surface area contributed by atoms with Gasteiger partial charge in [-0.15, -0.1) is 0 Å². The molecule has 0 aromatic heterocycles. The van der Waals surface area contributed by atoms with Crippen LogP contribution >= 0.6 is 0 Å². The number of hydrogen-bond donors (Lipinski definition) is 2. The normalized spacial score (nSPS) is 16.8. The van der Waals surface area contributed by atoms with Gasteiger partial charge in [-0.2, -0.15) is 0 Å². The van der Waals surface area contributed by atoms with Crippen molar-refractivity contribution >= 4 is 27.5 Å². The molecule has 23 heavy (non-hydrogen) atoms. The van der Waals surface area contributed by atoms with E-state index in [0.29, 0.717) is 37.2 Å². The first-order chi connectivity index (χ1) is 10.8. The molecule has 1 aliphatic rings. The molecular weight excluding hydrogens is 318 g/mol. The molecule has 1 heterocycles. The smallest absolute Gasteiger partial charge is 0.251 e. The number of nitrogens with one attached hydrogen (secondary N) is 2. The second-order valence-electron chi connectivity index (χ2n) is 5.67. The fraction of sp³-hybridized carbons (Fsp3) is 0.467. The van der Waals surface area contributed by atoms with E-state index in [0.717, 1.165) is 0 Å². The second-order valence-corrected chi connectivity index (χ2v) is 7.65. The van der Waals surface area contributed by atoms with Crippen LogP contribution in [0.25, 0.3) is 0 Å². The molecule has 0 saturated carbocycles. The van der Waals surface area contributed by atoms with Crippen LogP contribution in [-0.4, -0.2) is 49.9 Å². The maximum Gasteiger partial charge on any atom is 0.251 e. The van der Waals surface area contributed by atoms with Crippen molar-refractivity contribution in [1.82, 2.24) is 9.62 Å². The molecule has 1 fully saturated rings. The number of sulfonamides is 1. The molecule has 1 aliphatic heterocycles. The Kier molecular flexibility index (Phi) is 5.38. The third kappa shape index (κ3) is 5.04. The van der Waals surface area contributed by atoms with E-state index in [1.54, 1.807) is 24.3 Å². The average Bonchev–Trinajstić information content (AvgIpc) is 2.47. The number of hydrogen-bond acceptors (Lipinski definition) is 4. The van der Waals surface area contributed by atoms with Gasteiger partial charge in [0.25, 0.3) is 5.91 Å². The van der Waals surface area contributed by atoms with Crippen molar-refractivity contribution in [1.29, 1.82) is 0 Å². The summed E-state index contributed by atoms with van der Waals surface area (Å²) in [5.41, 5.74) is 1.14. The number of benzene rings is 1. The number of anilines is 1. The molecule has 0 aliphatic carbocycles. The minimum absolute atomic E-state index is 0.0319. The predicted molar refractivity (Wildman–Crippen MR) is 87.7 cm³/mol. The summed E-state index contributed by atoms with van der Waals surface area (Å²) in [7, 11) is -3.16. The molecule has 1 saturated heterocycles. The van der Waals surface area contributed by atoms with Gasteiger partial charge in [0.2, 0.25) is 15.9 Å². The minimum Gasteiger partial charge on any atom is -0.349 e. The van der Waals surface area contributed by atoms with Gasteiger partial charge in [-0.1, -0.05) is 0 Å². The Morgan fingerprint density at radius 3 is 2.17 bits per heavy atom. The fourth-order valence-electron chi connectivity index (χ4n) is 2.51. The Morgan fingerprint density at radius 2 is 1.70 bits per heavy atom. The Morgan fingerprint density at radius 1 is 1.13 bits per heavy atom. The summed E-state index contributed by atoms with van der Waals surface area (Å²) in [4.78, 5) is 23.1. The van der Waals surface area contributed by atoms with E-state index in [9.17, 15) is 18.0 Å². The maximum atomic E-state index is 12.2. The third-order valence-corrected chi connectivity index (χ3v) is 5.03. The van der Waals surface area contributed by atoms with Gasteiger partial charge in [0, 0.05) is 37.3 Å². The summed E-state index contributed by atoms with van der Waals surface area (Å²) >= 11 is 0. The Labute approximate surface area is 136 Å². The maximum absolute atomic E-state index is 12.2. The highest BCUT2D eigenvalue weighted by atomic mass is 32.2. The van der Waals surface area contributed by atoms with Gasteiger partial charge in [-0.3, -0.25) is 9.59 Å². The standard InChI is InChI=1S/C15H21N3O4S/c1-11(19)16-13-5-3-12(4-6-13)15(20)17-14-7-9-18(10-8-14)23(2,21)22/h3-6,14H,7-10H2,1-2H3,(H,16,19)(H,17,20). The Bertz CT molecular complexity index is 677. The molecule has 0 spiro atoms. The Balaban J connectivity index is 1.89. The molecule has 126 valence electrons. The number of amides is 2. The van der Waals surface area contributed by atoms with Crippen molar-refractivity contribution in [2.24, 2.45) is 0 Å². The second kappa shape index (κ2) is 7.10. The first-order valence-electron chi connectivity index (χ1n) is 7.39. The molecular formula is C15H21N3O4S. The van der Waals surface area contributed by atoms with Crippen LogP contribution in [0.5, 0.6) is 0 Å². The summed E-state index contributed by atoms with van der Waals surface area (Å²) in [5, 5.41) is 5.56.